The Bertz CT molecular complexity index is 211. The van der Waals surface area contributed by atoms with E-state index >= 15 is 0 Å². The average Bonchev–Trinajstić information content (AvgIpc) is 2.17. The molecule has 0 aromatic rings. The highest BCUT2D eigenvalue weighted by Crippen LogP contribution is 2.26. The molecular formula is C14H27NO. The van der Waals surface area contributed by atoms with Gasteiger partial charge in [0.05, 0.1) is 0 Å². The molecule has 0 atom stereocenters. The first kappa shape index (κ1) is 13.7. The molecule has 0 bridgehead atoms. The van der Waals surface area contributed by atoms with Crippen LogP contribution in [0.4, 0.5) is 0 Å². The summed E-state index contributed by atoms with van der Waals surface area (Å²) in [7, 11) is 0. The third-order valence-electron chi connectivity index (χ3n) is 3.30. The van der Waals surface area contributed by atoms with Crippen LogP contribution in [-0.2, 0) is 4.79 Å². The van der Waals surface area contributed by atoms with Gasteiger partial charge < -0.3 is 5.32 Å². The van der Waals surface area contributed by atoms with Gasteiger partial charge in [0, 0.05) is 24.9 Å². The van der Waals surface area contributed by atoms with Gasteiger partial charge in [-0.05, 0) is 26.7 Å². The predicted octanol–water partition coefficient (Wildman–Crippen LogP) is 3.30. The Morgan fingerprint density at radius 3 is 2.38 bits per heavy atom. The monoisotopic (exact) mass is 225 g/mol. The topological polar surface area (TPSA) is 29.1 Å². The van der Waals surface area contributed by atoms with E-state index in [0.717, 1.165) is 13.0 Å². The number of hydrogen-bond acceptors (Lipinski definition) is 2. The van der Waals surface area contributed by atoms with Gasteiger partial charge in [-0.2, -0.15) is 0 Å². The van der Waals surface area contributed by atoms with E-state index in [1.165, 1.54) is 32.1 Å². The molecule has 2 nitrogen and oxygen atoms in total. The Labute approximate surface area is 100 Å². The molecule has 1 N–H and O–H groups in total. The van der Waals surface area contributed by atoms with Crippen LogP contribution in [0.25, 0.3) is 0 Å². The summed E-state index contributed by atoms with van der Waals surface area (Å²) in [5.74, 6) is 1.14. The zero-order chi connectivity index (χ0) is 12.0. The molecule has 0 aliphatic heterocycles. The maximum Gasteiger partial charge on any atom is 0.134 e. The maximum absolute atomic E-state index is 11.8. The second-order valence-corrected chi connectivity index (χ2v) is 6.17. The maximum atomic E-state index is 11.8. The standard InChI is InChI=1S/C14H27NO/c1-14(2,3)15-10-9-13(16)11-12-7-5-4-6-8-12/h12,15H,4-11H2,1-3H3. The van der Waals surface area contributed by atoms with Crippen LogP contribution in [0.15, 0.2) is 0 Å². The van der Waals surface area contributed by atoms with Gasteiger partial charge in [0.2, 0.25) is 0 Å². The highest BCUT2D eigenvalue weighted by Gasteiger charge is 2.17. The van der Waals surface area contributed by atoms with Crippen molar-refractivity contribution in [3.05, 3.63) is 0 Å². The van der Waals surface area contributed by atoms with Crippen LogP contribution in [0, 0.1) is 5.92 Å². The fourth-order valence-electron chi connectivity index (χ4n) is 2.39. The van der Waals surface area contributed by atoms with Crippen LogP contribution < -0.4 is 5.32 Å². The van der Waals surface area contributed by atoms with E-state index < -0.39 is 0 Å². The van der Waals surface area contributed by atoms with Crippen LogP contribution in [-0.4, -0.2) is 17.9 Å². The Balaban J connectivity index is 2.10. The minimum absolute atomic E-state index is 0.130. The van der Waals surface area contributed by atoms with Crippen molar-refractivity contribution in [2.75, 3.05) is 6.54 Å². The zero-order valence-electron chi connectivity index (χ0n) is 11.1. The first-order valence-electron chi connectivity index (χ1n) is 6.74. The lowest BCUT2D eigenvalue weighted by Gasteiger charge is -2.22. The average molecular weight is 225 g/mol. The molecular weight excluding hydrogens is 198 g/mol. The quantitative estimate of drug-likeness (QED) is 0.778. The summed E-state index contributed by atoms with van der Waals surface area (Å²) in [5.41, 5.74) is 0.130. The predicted molar refractivity (Wildman–Crippen MR) is 68.6 cm³/mol. The Kier molecular flexibility index (Phi) is 5.47. The summed E-state index contributed by atoms with van der Waals surface area (Å²) in [4.78, 5) is 11.8. The van der Waals surface area contributed by atoms with Gasteiger partial charge in [-0.1, -0.05) is 32.1 Å². The number of carbonyl (C=O) groups excluding carboxylic acids is 1. The van der Waals surface area contributed by atoms with Gasteiger partial charge in [-0.3, -0.25) is 4.79 Å². The van der Waals surface area contributed by atoms with Crippen molar-refractivity contribution in [1.29, 1.82) is 0 Å². The molecule has 2 heteroatoms. The molecule has 0 aromatic heterocycles. The molecule has 1 fully saturated rings. The number of Topliss-reactive ketones (excluding diaryl/α,β-unsaturated/α-hetero) is 1. The van der Waals surface area contributed by atoms with Crippen molar-refractivity contribution >= 4 is 5.78 Å². The first-order valence-corrected chi connectivity index (χ1v) is 6.74. The number of ketones is 1. The van der Waals surface area contributed by atoms with Gasteiger partial charge in [0.25, 0.3) is 0 Å². The number of nitrogens with one attached hydrogen (secondary N) is 1. The van der Waals surface area contributed by atoms with Crippen LogP contribution in [0.1, 0.15) is 65.7 Å². The lowest BCUT2D eigenvalue weighted by atomic mass is 9.85. The van der Waals surface area contributed by atoms with E-state index in [1.54, 1.807) is 0 Å². The lowest BCUT2D eigenvalue weighted by molar-refractivity contribution is -0.120. The summed E-state index contributed by atoms with van der Waals surface area (Å²) in [6.07, 6.45) is 8.11. The number of rotatable bonds is 5. The van der Waals surface area contributed by atoms with Crippen LogP contribution >= 0.6 is 0 Å². The fraction of sp³-hybridized carbons (Fsp3) is 0.929. The minimum Gasteiger partial charge on any atom is -0.312 e. The minimum atomic E-state index is 0.130. The molecule has 0 heterocycles. The highest BCUT2D eigenvalue weighted by molar-refractivity contribution is 5.78. The highest BCUT2D eigenvalue weighted by atomic mass is 16.1. The summed E-state index contributed by atoms with van der Waals surface area (Å²) in [5, 5.41) is 3.37. The van der Waals surface area contributed by atoms with E-state index in [1.807, 2.05) is 0 Å². The second kappa shape index (κ2) is 6.39. The lowest BCUT2D eigenvalue weighted by Crippen LogP contribution is -2.37. The van der Waals surface area contributed by atoms with Gasteiger partial charge in [0.15, 0.2) is 0 Å². The van der Waals surface area contributed by atoms with Gasteiger partial charge in [-0.15, -0.1) is 0 Å². The summed E-state index contributed by atoms with van der Waals surface area (Å²) in [6.45, 7) is 7.24. The van der Waals surface area contributed by atoms with Gasteiger partial charge >= 0.3 is 0 Å². The summed E-state index contributed by atoms with van der Waals surface area (Å²) in [6, 6.07) is 0. The van der Waals surface area contributed by atoms with Crippen LogP contribution in [0.3, 0.4) is 0 Å². The molecule has 94 valence electrons. The summed E-state index contributed by atoms with van der Waals surface area (Å²) < 4.78 is 0. The molecule has 1 aliphatic carbocycles. The fourth-order valence-corrected chi connectivity index (χ4v) is 2.39. The van der Waals surface area contributed by atoms with Crippen molar-refractivity contribution in [1.82, 2.24) is 5.32 Å². The Hall–Kier alpha value is -0.370. The second-order valence-electron chi connectivity index (χ2n) is 6.17. The van der Waals surface area contributed by atoms with Crippen molar-refractivity contribution in [2.45, 2.75) is 71.3 Å². The van der Waals surface area contributed by atoms with Gasteiger partial charge in [0.1, 0.15) is 5.78 Å². The van der Waals surface area contributed by atoms with E-state index in [0.29, 0.717) is 18.1 Å². The SMILES string of the molecule is CC(C)(C)NCCC(=O)CC1CCCCC1. The normalized spacial score (nSPS) is 18.7. The third-order valence-corrected chi connectivity index (χ3v) is 3.30. The van der Waals surface area contributed by atoms with E-state index in [9.17, 15) is 4.79 Å². The molecule has 0 radical (unpaired) electrons. The molecule has 1 aliphatic rings. The van der Waals surface area contributed by atoms with E-state index in [-0.39, 0.29) is 5.54 Å². The summed E-state index contributed by atoms with van der Waals surface area (Å²) >= 11 is 0. The Morgan fingerprint density at radius 2 is 1.81 bits per heavy atom. The number of carbonyl (C=O) groups is 1. The third kappa shape index (κ3) is 6.26. The van der Waals surface area contributed by atoms with E-state index in [2.05, 4.69) is 26.1 Å². The Morgan fingerprint density at radius 1 is 1.19 bits per heavy atom. The van der Waals surface area contributed by atoms with Crippen LogP contribution in [0.5, 0.6) is 0 Å². The van der Waals surface area contributed by atoms with E-state index in [4.69, 9.17) is 0 Å². The zero-order valence-corrected chi connectivity index (χ0v) is 11.1. The molecule has 1 saturated carbocycles. The molecule has 1 rings (SSSR count). The molecule has 16 heavy (non-hydrogen) atoms. The molecule has 0 amide bonds. The van der Waals surface area contributed by atoms with Gasteiger partial charge in [-0.25, -0.2) is 0 Å². The van der Waals surface area contributed by atoms with Crippen molar-refractivity contribution in [3.63, 3.8) is 0 Å². The van der Waals surface area contributed by atoms with Crippen molar-refractivity contribution in [3.8, 4) is 0 Å². The van der Waals surface area contributed by atoms with Crippen LogP contribution in [0.2, 0.25) is 0 Å². The molecule has 0 saturated heterocycles. The smallest absolute Gasteiger partial charge is 0.134 e. The molecule has 0 spiro atoms. The number of hydrogen-bond donors (Lipinski definition) is 1. The molecule has 0 aromatic carbocycles. The molecule has 0 unspecified atom stereocenters. The van der Waals surface area contributed by atoms with Crippen molar-refractivity contribution < 1.29 is 4.79 Å². The van der Waals surface area contributed by atoms with Crippen molar-refractivity contribution in [2.24, 2.45) is 5.92 Å². The first-order chi connectivity index (χ1) is 7.47. The largest absolute Gasteiger partial charge is 0.312 e.